The highest BCUT2D eigenvalue weighted by atomic mass is 19.4. The number of hydrogen-bond donors (Lipinski definition) is 0. The summed E-state index contributed by atoms with van der Waals surface area (Å²) in [5.74, 6) is 0.102. The third kappa shape index (κ3) is 3.93. The van der Waals surface area contributed by atoms with Crippen molar-refractivity contribution in [2.24, 2.45) is 0 Å². The number of hydrogen-bond acceptors (Lipinski definition) is 2. The van der Waals surface area contributed by atoms with E-state index in [1.165, 1.54) is 12.1 Å². The Bertz CT molecular complexity index is 508. The van der Waals surface area contributed by atoms with Crippen LogP contribution in [0.4, 0.5) is 18.9 Å². The number of piperazine rings is 1. The van der Waals surface area contributed by atoms with Crippen LogP contribution in [0.1, 0.15) is 31.7 Å². The van der Waals surface area contributed by atoms with Gasteiger partial charge < -0.3 is 9.80 Å². The van der Waals surface area contributed by atoms with Crippen molar-refractivity contribution in [3.8, 4) is 0 Å². The highest BCUT2D eigenvalue weighted by molar-refractivity contribution is 5.76. The van der Waals surface area contributed by atoms with E-state index < -0.39 is 11.7 Å². The molecule has 1 saturated heterocycles. The van der Waals surface area contributed by atoms with Crippen LogP contribution in [-0.2, 0) is 11.0 Å². The highest BCUT2D eigenvalue weighted by Gasteiger charge is 2.35. The van der Waals surface area contributed by atoms with Crippen molar-refractivity contribution in [1.29, 1.82) is 0 Å². The Morgan fingerprint density at radius 1 is 1.14 bits per heavy atom. The minimum atomic E-state index is -4.36. The van der Waals surface area contributed by atoms with Crippen LogP contribution in [0.3, 0.4) is 0 Å². The summed E-state index contributed by atoms with van der Waals surface area (Å²) in [6.45, 7) is 3.86. The van der Waals surface area contributed by atoms with Gasteiger partial charge in [-0.1, -0.05) is 25.5 Å². The molecule has 1 heterocycles. The molecule has 0 aliphatic carbocycles. The van der Waals surface area contributed by atoms with Crippen molar-refractivity contribution in [3.63, 3.8) is 0 Å². The van der Waals surface area contributed by atoms with Crippen LogP contribution in [-0.4, -0.2) is 37.0 Å². The molecule has 1 amide bonds. The number of halogens is 3. The van der Waals surface area contributed by atoms with Gasteiger partial charge in [0.25, 0.3) is 0 Å². The molecule has 122 valence electrons. The molecule has 0 spiro atoms. The predicted molar refractivity (Wildman–Crippen MR) is 79.8 cm³/mol. The van der Waals surface area contributed by atoms with Gasteiger partial charge in [-0.05, 0) is 18.6 Å². The maximum atomic E-state index is 13.1. The fourth-order valence-electron chi connectivity index (χ4n) is 2.67. The van der Waals surface area contributed by atoms with E-state index in [4.69, 9.17) is 0 Å². The lowest BCUT2D eigenvalue weighted by atomic mass is 10.1. The standard InChI is InChI=1S/C16H21F3N2O/c1-2-3-8-15(22)21-11-9-20(10-12-21)14-7-5-4-6-13(14)16(17,18)19/h4-7H,2-3,8-12H2,1H3. The fourth-order valence-corrected chi connectivity index (χ4v) is 2.67. The summed E-state index contributed by atoms with van der Waals surface area (Å²) in [5.41, 5.74) is -0.406. The van der Waals surface area contributed by atoms with Crippen LogP contribution < -0.4 is 4.90 Å². The molecule has 1 fully saturated rings. The molecule has 1 aromatic rings. The minimum absolute atomic E-state index is 0.102. The van der Waals surface area contributed by atoms with Crippen LogP contribution >= 0.6 is 0 Å². The van der Waals surface area contributed by atoms with Crippen LogP contribution in [0.15, 0.2) is 24.3 Å². The molecule has 1 aliphatic heterocycles. The van der Waals surface area contributed by atoms with Crippen molar-refractivity contribution >= 4 is 11.6 Å². The van der Waals surface area contributed by atoms with Gasteiger partial charge in [-0.2, -0.15) is 13.2 Å². The average molecular weight is 314 g/mol. The van der Waals surface area contributed by atoms with E-state index in [1.807, 2.05) is 6.92 Å². The molecule has 0 radical (unpaired) electrons. The normalized spacial score (nSPS) is 16.0. The first-order chi connectivity index (χ1) is 10.4. The number of para-hydroxylation sites is 1. The number of alkyl halides is 3. The summed E-state index contributed by atoms with van der Waals surface area (Å²) in [6, 6.07) is 5.62. The second-order valence-electron chi connectivity index (χ2n) is 5.49. The molecule has 6 heteroatoms. The zero-order chi connectivity index (χ0) is 16.2. The van der Waals surface area contributed by atoms with Crippen LogP contribution in [0.25, 0.3) is 0 Å². The highest BCUT2D eigenvalue weighted by Crippen LogP contribution is 2.36. The summed E-state index contributed by atoms with van der Waals surface area (Å²) >= 11 is 0. The summed E-state index contributed by atoms with van der Waals surface area (Å²) in [6.07, 6.45) is -2.01. The van der Waals surface area contributed by atoms with Gasteiger partial charge in [0, 0.05) is 38.3 Å². The largest absolute Gasteiger partial charge is 0.418 e. The number of unbranched alkanes of at least 4 members (excludes halogenated alkanes) is 1. The molecule has 22 heavy (non-hydrogen) atoms. The molecule has 0 atom stereocenters. The van der Waals surface area contributed by atoms with Crippen molar-refractivity contribution in [2.45, 2.75) is 32.4 Å². The van der Waals surface area contributed by atoms with E-state index in [0.29, 0.717) is 32.6 Å². The Morgan fingerprint density at radius 2 is 1.77 bits per heavy atom. The molecule has 1 aliphatic rings. The van der Waals surface area contributed by atoms with Crippen molar-refractivity contribution in [2.75, 3.05) is 31.1 Å². The van der Waals surface area contributed by atoms with Gasteiger partial charge in [0.1, 0.15) is 0 Å². The number of carbonyl (C=O) groups excluding carboxylic acids is 1. The second kappa shape index (κ2) is 7.03. The maximum Gasteiger partial charge on any atom is 0.418 e. The van der Waals surface area contributed by atoms with E-state index >= 15 is 0 Å². The van der Waals surface area contributed by atoms with Crippen LogP contribution in [0.5, 0.6) is 0 Å². The minimum Gasteiger partial charge on any atom is -0.367 e. The Balaban J connectivity index is 2.02. The number of rotatable bonds is 4. The number of benzene rings is 1. The third-order valence-electron chi connectivity index (χ3n) is 3.93. The average Bonchev–Trinajstić information content (AvgIpc) is 2.52. The summed E-state index contributed by atoms with van der Waals surface area (Å²) in [7, 11) is 0. The molecule has 1 aromatic carbocycles. The number of carbonyl (C=O) groups is 1. The lowest BCUT2D eigenvalue weighted by Crippen LogP contribution is -2.49. The van der Waals surface area contributed by atoms with Crippen LogP contribution in [0, 0.1) is 0 Å². The molecule has 0 saturated carbocycles. The molecule has 3 nitrogen and oxygen atoms in total. The van der Waals surface area contributed by atoms with E-state index in [0.717, 1.165) is 18.9 Å². The number of amides is 1. The topological polar surface area (TPSA) is 23.6 Å². The smallest absolute Gasteiger partial charge is 0.367 e. The first-order valence-electron chi connectivity index (χ1n) is 7.62. The second-order valence-corrected chi connectivity index (χ2v) is 5.49. The molecule has 0 N–H and O–H groups in total. The predicted octanol–water partition coefficient (Wildman–Crippen LogP) is 3.54. The third-order valence-corrected chi connectivity index (χ3v) is 3.93. The molecule has 0 bridgehead atoms. The molecule has 0 unspecified atom stereocenters. The first-order valence-corrected chi connectivity index (χ1v) is 7.62. The van der Waals surface area contributed by atoms with Crippen molar-refractivity contribution < 1.29 is 18.0 Å². The Labute approximate surface area is 128 Å². The number of nitrogens with zero attached hydrogens (tertiary/aromatic N) is 2. The van der Waals surface area contributed by atoms with Crippen LogP contribution in [0.2, 0.25) is 0 Å². The number of anilines is 1. The quantitative estimate of drug-likeness (QED) is 0.848. The van der Waals surface area contributed by atoms with Gasteiger partial charge in [0.05, 0.1) is 5.56 Å². The summed E-state index contributed by atoms with van der Waals surface area (Å²) in [5, 5.41) is 0. The Morgan fingerprint density at radius 3 is 2.36 bits per heavy atom. The molecular weight excluding hydrogens is 293 g/mol. The monoisotopic (exact) mass is 314 g/mol. The lowest BCUT2D eigenvalue weighted by Gasteiger charge is -2.37. The van der Waals surface area contributed by atoms with E-state index in [-0.39, 0.29) is 11.6 Å². The van der Waals surface area contributed by atoms with Crippen molar-refractivity contribution in [3.05, 3.63) is 29.8 Å². The fraction of sp³-hybridized carbons (Fsp3) is 0.562. The zero-order valence-electron chi connectivity index (χ0n) is 12.7. The molecule has 2 rings (SSSR count). The lowest BCUT2D eigenvalue weighted by molar-refractivity contribution is -0.137. The van der Waals surface area contributed by atoms with Gasteiger partial charge in [-0.15, -0.1) is 0 Å². The maximum absolute atomic E-state index is 13.1. The van der Waals surface area contributed by atoms with E-state index in [1.54, 1.807) is 15.9 Å². The van der Waals surface area contributed by atoms with Gasteiger partial charge >= 0.3 is 6.18 Å². The van der Waals surface area contributed by atoms with Gasteiger partial charge in [-0.3, -0.25) is 4.79 Å². The van der Waals surface area contributed by atoms with Gasteiger partial charge in [-0.25, -0.2) is 0 Å². The summed E-state index contributed by atoms with van der Waals surface area (Å²) in [4.78, 5) is 15.4. The molecular formula is C16H21F3N2O. The first kappa shape index (κ1) is 16.6. The summed E-state index contributed by atoms with van der Waals surface area (Å²) < 4.78 is 39.2. The van der Waals surface area contributed by atoms with E-state index in [2.05, 4.69) is 0 Å². The Kier molecular flexibility index (Phi) is 5.32. The molecule has 0 aromatic heterocycles. The SMILES string of the molecule is CCCCC(=O)N1CCN(c2ccccc2C(F)(F)F)CC1. The Hall–Kier alpha value is -1.72. The van der Waals surface area contributed by atoms with E-state index in [9.17, 15) is 18.0 Å². The zero-order valence-corrected chi connectivity index (χ0v) is 12.7. The van der Waals surface area contributed by atoms with Gasteiger partial charge in [0.2, 0.25) is 5.91 Å². The van der Waals surface area contributed by atoms with Gasteiger partial charge in [0.15, 0.2) is 0 Å². The van der Waals surface area contributed by atoms with Crippen molar-refractivity contribution in [1.82, 2.24) is 4.90 Å².